The Morgan fingerprint density at radius 3 is 1.68 bits per heavy atom. The molecule has 0 spiro atoms. The molecule has 0 saturated heterocycles. The van der Waals surface area contributed by atoms with E-state index in [4.69, 9.17) is 6.57 Å². The van der Waals surface area contributed by atoms with Crippen LogP contribution in [0.2, 0.25) is 0 Å². The van der Waals surface area contributed by atoms with Crippen LogP contribution < -0.4 is 20.7 Å². The van der Waals surface area contributed by atoms with Crippen LogP contribution in [0.4, 0.5) is 5.69 Å². The van der Waals surface area contributed by atoms with Gasteiger partial charge in [-0.25, -0.2) is 4.85 Å². The summed E-state index contributed by atoms with van der Waals surface area (Å²) < 4.78 is 2.14. The summed E-state index contributed by atoms with van der Waals surface area (Å²) in [6.07, 6.45) is 0. The third-order valence-corrected chi connectivity index (χ3v) is 14.4. The molecule has 0 amide bonds. The summed E-state index contributed by atoms with van der Waals surface area (Å²) in [5.74, 6) is 0. The zero-order valence-electron chi connectivity index (χ0n) is 27.0. The van der Waals surface area contributed by atoms with E-state index in [0.717, 1.165) is 38.2 Å². The fourth-order valence-electron chi connectivity index (χ4n) is 7.47. The van der Waals surface area contributed by atoms with Gasteiger partial charge in [-0.3, -0.25) is 0 Å². The van der Waals surface area contributed by atoms with Crippen molar-refractivity contribution in [3.05, 3.63) is 192 Å². The van der Waals surface area contributed by atoms with Gasteiger partial charge < -0.3 is 4.57 Å². The molecule has 0 aliphatic rings. The molecule has 0 bridgehead atoms. The minimum absolute atomic E-state index is 0.462. The molecule has 0 aliphatic carbocycles. The zero-order valence-corrected chi connectivity index (χ0v) is 28.0. The van der Waals surface area contributed by atoms with E-state index in [0.29, 0.717) is 22.4 Å². The highest BCUT2D eigenvalue weighted by Gasteiger charge is 2.41. The van der Waals surface area contributed by atoms with Crippen molar-refractivity contribution >= 4 is 56.3 Å². The average molecular weight is 653 g/mol. The van der Waals surface area contributed by atoms with Crippen LogP contribution in [0.5, 0.6) is 0 Å². The molecule has 232 valence electrons. The van der Waals surface area contributed by atoms with Crippen LogP contribution in [-0.2, 0) is 0 Å². The largest absolute Gasteiger partial charge is 0.311 e. The first-order valence-electron chi connectivity index (χ1n) is 16.3. The van der Waals surface area contributed by atoms with Crippen molar-refractivity contribution < 1.29 is 0 Å². The van der Waals surface area contributed by atoms with Crippen molar-refractivity contribution in [1.29, 1.82) is 10.5 Å². The van der Waals surface area contributed by atoms with Crippen LogP contribution in [0.15, 0.2) is 170 Å². The first-order chi connectivity index (χ1) is 24.7. The van der Waals surface area contributed by atoms with Gasteiger partial charge in [0.2, 0.25) is 0 Å². The Hall–Kier alpha value is -6.97. The number of rotatable bonds is 6. The van der Waals surface area contributed by atoms with E-state index >= 15 is 0 Å². The lowest BCUT2D eigenvalue weighted by atomic mass is 9.98. The summed E-state index contributed by atoms with van der Waals surface area (Å²) in [7, 11) is -2.83. The molecule has 0 unspecified atom stereocenters. The smallest absolute Gasteiger partial charge is 0.197 e. The summed E-state index contributed by atoms with van der Waals surface area (Å²) in [4.78, 5) is 3.99. The molecule has 0 N–H and O–H groups in total. The molecule has 7 aromatic carbocycles. The van der Waals surface area contributed by atoms with Crippen molar-refractivity contribution in [2.75, 3.05) is 0 Å². The SMILES string of the molecule is [C-]#[N+]c1cc(-n2c3ccccc3c3cc(C#N)ccc32)ccc1-c1ccc([Si](c2ccccc2)(c2ccccc2)c2ccccc2)cc1C#N. The molecule has 1 heterocycles. The number of hydrogen-bond acceptors (Lipinski definition) is 2. The van der Waals surface area contributed by atoms with Gasteiger partial charge in [0.05, 0.1) is 40.9 Å². The molecule has 4 nitrogen and oxygen atoms in total. The first-order valence-corrected chi connectivity index (χ1v) is 18.3. The van der Waals surface area contributed by atoms with Gasteiger partial charge in [-0.15, -0.1) is 0 Å². The first kappa shape index (κ1) is 30.4. The predicted octanol–water partition coefficient (Wildman–Crippen LogP) is 8.12. The normalized spacial score (nSPS) is 11.1. The quantitative estimate of drug-likeness (QED) is 0.104. The van der Waals surface area contributed by atoms with Gasteiger partial charge in [0, 0.05) is 16.5 Å². The number of fused-ring (bicyclic) bond motifs is 3. The van der Waals surface area contributed by atoms with Crippen LogP contribution in [-0.4, -0.2) is 12.6 Å². The van der Waals surface area contributed by atoms with Crippen molar-refractivity contribution in [3.8, 4) is 29.0 Å². The Labute approximate surface area is 291 Å². The number of nitriles is 2. The predicted molar refractivity (Wildman–Crippen MR) is 206 cm³/mol. The lowest BCUT2D eigenvalue weighted by molar-refractivity contribution is 1.18. The number of aromatic nitrogens is 1. The van der Waals surface area contributed by atoms with Crippen LogP contribution in [0.3, 0.4) is 0 Å². The molecule has 8 rings (SSSR count). The maximum Gasteiger partial charge on any atom is 0.197 e. The molecule has 5 heteroatoms. The van der Waals surface area contributed by atoms with E-state index in [1.165, 1.54) is 15.6 Å². The number of nitrogens with zero attached hydrogens (tertiary/aromatic N) is 4. The third-order valence-electron chi connectivity index (χ3n) is 9.65. The molecule has 1 aromatic heterocycles. The van der Waals surface area contributed by atoms with Crippen molar-refractivity contribution in [1.82, 2.24) is 4.57 Å². The lowest BCUT2D eigenvalue weighted by Crippen LogP contribution is -2.74. The molecule has 0 saturated carbocycles. The van der Waals surface area contributed by atoms with E-state index in [1.54, 1.807) is 0 Å². The Balaban J connectivity index is 1.32. The van der Waals surface area contributed by atoms with Gasteiger partial charge in [-0.2, -0.15) is 10.5 Å². The van der Waals surface area contributed by atoms with E-state index in [1.807, 2.05) is 72.8 Å². The van der Waals surface area contributed by atoms with Gasteiger partial charge in [0.15, 0.2) is 13.8 Å². The fourth-order valence-corrected chi connectivity index (χ4v) is 12.2. The standard InChI is InChI=1S/C45H28N4Si/c1-48-43-29-34(49-44-20-12-11-19-41(44)42-27-32(30-46)21-26-45(42)49)22-24-40(43)39-25-23-38(28-33(39)31-47)50(35-13-5-2-6-14-35,36-15-7-3-8-16-36)37-17-9-4-10-18-37/h2-29H. The highest BCUT2D eigenvalue weighted by Crippen LogP contribution is 2.38. The molecule has 0 fully saturated rings. The summed E-state index contributed by atoms with van der Waals surface area (Å²) in [5, 5.41) is 27.1. The maximum absolute atomic E-state index is 10.7. The second-order valence-corrected chi connectivity index (χ2v) is 16.0. The van der Waals surface area contributed by atoms with Crippen LogP contribution >= 0.6 is 0 Å². The van der Waals surface area contributed by atoms with Crippen molar-refractivity contribution in [2.45, 2.75) is 0 Å². The van der Waals surface area contributed by atoms with Gasteiger partial charge in [-0.05, 0) is 74.3 Å². The Bertz CT molecular complexity index is 2580. The molecule has 0 aliphatic heterocycles. The van der Waals surface area contributed by atoms with E-state index in [-0.39, 0.29) is 0 Å². The second-order valence-electron chi connectivity index (χ2n) is 12.2. The summed E-state index contributed by atoms with van der Waals surface area (Å²) in [6.45, 7) is 8.24. The van der Waals surface area contributed by atoms with Gasteiger partial charge in [0.1, 0.15) is 0 Å². The number of benzene rings is 7. The number of hydrogen-bond donors (Lipinski definition) is 0. The fraction of sp³-hybridized carbons (Fsp3) is 0. The van der Waals surface area contributed by atoms with Crippen LogP contribution in [0.25, 0.3) is 43.5 Å². The molecule has 8 aromatic rings. The third kappa shape index (κ3) is 4.80. The Kier molecular flexibility index (Phi) is 7.63. The van der Waals surface area contributed by atoms with E-state index in [9.17, 15) is 10.5 Å². The zero-order chi connectivity index (χ0) is 34.1. The van der Waals surface area contributed by atoms with Gasteiger partial charge in [0.25, 0.3) is 0 Å². The van der Waals surface area contributed by atoms with Crippen molar-refractivity contribution in [3.63, 3.8) is 0 Å². The second kappa shape index (κ2) is 12.6. The topological polar surface area (TPSA) is 56.9 Å². The number of para-hydroxylation sites is 1. The summed E-state index contributed by atoms with van der Waals surface area (Å²) in [6, 6.07) is 62.6. The lowest BCUT2D eigenvalue weighted by Gasteiger charge is -2.34. The molecule has 0 radical (unpaired) electrons. The summed E-state index contributed by atoms with van der Waals surface area (Å²) in [5.41, 5.74) is 5.83. The highest BCUT2D eigenvalue weighted by atomic mass is 28.3. The van der Waals surface area contributed by atoms with Gasteiger partial charge in [-0.1, -0.05) is 127 Å². The molecule has 0 atom stereocenters. The van der Waals surface area contributed by atoms with E-state index < -0.39 is 8.07 Å². The minimum atomic E-state index is -2.83. The Morgan fingerprint density at radius 2 is 1.08 bits per heavy atom. The van der Waals surface area contributed by atoms with Crippen LogP contribution in [0, 0.1) is 29.2 Å². The molecular weight excluding hydrogens is 625 g/mol. The van der Waals surface area contributed by atoms with Gasteiger partial charge >= 0.3 is 0 Å². The molecule has 50 heavy (non-hydrogen) atoms. The Morgan fingerprint density at radius 1 is 0.500 bits per heavy atom. The van der Waals surface area contributed by atoms with Crippen LogP contribution in [0.1, 0.15) is 11.1 Å². The highest BCUT2D eigenvalue weighted by molar-refractivity contribution is 7.19. The maximum atomic E-state index is 10.7. The molecular formula is C45H28N4Si. The van der Waals surface area contributed by atoms with E-state index in [2.05, 4.69) is 119 Å². The summed E-state index contributed by atoms with van der Waals surface area (Å²) >= 11 is 0. The average Bonchev–Trinajstić information content (AvgIpc) is 3.53. The van der Waals surface area contributed by atoms with Crippen molar-refractivity contribution in [2.24, 2.45) is 0 Å². The minimum Gasteiger partial charge on any atom is -0.311 e. The monoisotopic (exact) mass is 652 g/mol.